The van der Waals surface area contributed by atoms with Crippen molar-refractivity contribution in [3.8, 4) is 5.75 Å². The molecule has 0 aliphatic heterocycles. The molecule has 0 saturated carbocycles. The van der Waals surface area contributed by atoms with Gasteiger partial charge in [-0.1, -0.05) is 6.07 Å². The molecule has 2 N–H and O–H groups in total. The fourth-order valence-electron chi connectivity index (χ4n) is 2.15. The van der Waals surface area contributed by atoms with Crippen LogP contribution >= 0.6 is 0 Å². The third-order valence-electron chi connectivity index (χ3n) is 2.83. The van der Waals surface area contributed by atoms with Crippen LogP contribution in [0.2, 0.25) is 0 Å². The van der Waals surface area contributed by atoms with Crippen LogP contribution in [-0.2, 0) is 19.4 Å². The molecule has 0 radical (unpaired) electrons. The molecule has 1 aromatic rings. The average molecular weight is 178 g/mol. The van der Waals surface area contributed by atoms with Crippen molar-refractivity contribution < 1.29 is 10.2 Å². The van der Waals surface area contributed by atoms with Crippen molar-refractivity contribution in [2.24, 2.45) is 0 Å². The van der Waals surface area contributed by atoms with E-state index in [4.69, 9.17) is 5.11 Å². The molecule has 13 heavy (non-hydrogen) atoms. The van der Waals surface area contributed by atoms with Gasteiger partial charge in [-0.05, 0) is 42.9 Å². The topological polar surface area (TPSA) is 40.5 Å². The first kappa shape index (κ1) is 8.57. The first-order chi connectivity index (χ1) is 6.24. The molecule has 0 bridgehead atoms. The van der Waals surface area contributed by atoms with Gasteiger partial charge in [-0.25, -0.2) is 0 Å². The van der Waals surface area contributed by atoms with Crippen LogP contribution < -0.4 is 0 Å². The third-order valence-corrected chi connectivity index (χ3v) is 2.83. The number of phenols is 1. The second kappa shape index (κ2) is 3.04. The Morgan fingerprint density at radius 1 is 1.38 bits per heavy atom. The van der Waals surface area contributed by atoms with Crippen molar-refractivity contribution in [2.45, 2.75) is 32.8 Å². The van der Waals surface area contributed by atoms with Gasteiger partial charge < -0.3 is 10.2 Å². The summed E-state index contributed by atoms with van der Waals surface area (Å²) in [4.78, 5) is 0. The highest BCUT2D eigenvalue weighted by molar-refractivity contribution is 5.50. The van der Waals surface area contributed by atoms with E-state index in [-0.39, 0.29) is 12.4 Å². The van der Waals surface area contributed by atoms with Gasteiger partial charge in [0.15, 0.2) is 0 Å². The average Bonchev–Trinajstić information content (AvgIpc) is 2.54. The highest BCUT2D eigenvalue weighted by Gasteiger charge is 2.18. The third kappa shape index (κ3) is 1.22. The number of fused-ring (bicyclic) bond motifs is 1. The van der Waals surface area contributed by atoms with Gasteiger partial charge in [-0.2, -0.15) is 0 Å². The lowest BCUT2D eigenvalue weighted by Crippen LogP contribution is -1.96. The molecular weight excluding hydrogens is 164 g/mol. The molecule has 0 fully saturated rings. The van der Waals surface area contributed by atoms with Crippen LogP contribution in [0, 0.1) is 6.92 Å². The van der Waals surface area contributed by atoms with Crippen LogP contribution in [0.25, 0.3) is 0 Å². The summed E-state index contributed by atoms with van der Waals surface area (Å²) in [6.45, 7) is 1.84. The van der Waals surface area contributed by atoms with E-state index in [0.717, 1.165) is 30.4 Å². The van der Waals surface area contributed by atoms with Crippen molar-refractivity contribution in [3.63, 3.8) is 0 Å². The number of benzene rings is 1. The zero-order valence-corrected chi connectivity index (χ0v) is 7.80. The minimum atomic E-state index is -0.0458. The lowest BCUT2D eigenvalue weighted by molar-refractivity contribution is 0.274. The van der Waals surface area contributed by atoms with E-state index < -0.39 is 0 Å². The Balaban J connectivity index is 2.64. The summed E-state index contributed by atoms with van der Waals surface area (Å²) in [6.07, 6.45) is 3.23. The maximum Gasteiger partial charge on any atom is 0.124 e. The minimum absolute atomic E-state index is 0.0458. The first-order valence-electron chi connectivity index (χ1n) is 4.68. The molecule has 0 saturated heterocycles. The van der Waals surface area contributed by atoms with Gasteiger partial charge in [0.05, 0.1) is 6.61 Å². The van der Waals surface area contributed by atoms with E-state index in [0.29, 0.717) is 0 Å². The molecule has 70 valence electrons. The zero-order chi connectivity index (χ0) is 9.42. The van der Waals surface area contributed by atoms with Gasteiger partial charge in [0.25, 0.3) is 0 Å². The summed E-state index contributed by atoms with van der Waals surface area (Å²) < 4.78 is 0. The van der Waals surface area contributed by atoms with Crippen LogP contribution in [0.3, 0.4) is 0 Å². The zero-order valence-electron chi connectivity index (χ0n) is 7.80. The predicted octanol–water partition coefficient (Wildman–Crippen LogP) is 1.68. The fourth-order valence-corrected chi connectivity index (χ4v) is 2.15. The number of aliphatic hydroxyl groups excluding tert-OH is 1. The molecule has 0 heterocycles. The summed E-state index contributed by atoms with van der Waals surface area (Å²) >= 11 is 0. The van der Waals surface area contributed by atoms with E-state index in [1.54, 1.807) is 0 Å². The van der Waals surface area contributed by atoms with Crippen LogP contribution in [0.5, 0.6) is 5.75 Å². The van der Waals surface area contributed by atoms with Crippen molar-refractivity contribution in [2.75, 3.05) is 0 Å². The summed E-state index contributed by atoms with van der Waals surface area (Å²) in [5.74, 6) is 0.281. The Morgan fingerprint density at radius 2 is 2.15 bits per heavy atom. The number of aromatic hydroxyl groups is 1. The van der Waals surface area contributed by atoms with Gasteiger partial charge in [0.1, 0.15) is 5.75 Å². The minimum Gasteiger partial charge on any atom is -0.507 e. The van der Waals surface area contributed by atoms with E-state index in [9.17, 15) is 5.11 Å². The molecule has 2 rings (SSSR count). The van der Waals surface area contributed by atoms with Gasteiger partial charge in [-0.15, -0.1) is 0 Å². The second-order valence-electron chi connectivity index (χ2n) is 3.67. The highest BCUT2D eigenvalue weighted by Crippen LogP contribution is 2.33. The number of rotatable bonds is 1. The molecule has 1 aromatic carbocycles. The van der Waals surface area contributed by atoms with E-state index >= 15 is 0 Å². The molecule has 0 spiro atoms. The quantitative estimate of drug-likeness (QED) is 0.687. The van der Waals surface area contributed by atoms with Crippen molar-refractivity contribution >= 4 is 0 Å². The molecule has 0 unspecified atom stereocenters. The first-order valence-corrected chi connectivity index (χ1v) is 4.68. The molecule has 0 amide bonds. The van der Waals surface area contributed by atoms with E-state index in [1.807, 2.05) is 13.0 Å². The molecule has 2 nitrogen and oxygen atoms in total. The Labute approximate surface area is 77.8 Å². The highest BCUT2D eigenvalue weighted by atomic mass is 16.3. The summed E-state index contributed by atoms with van der Waals surface area (Å²) in [6, 6.07) is 2.04. The van der Waals surface area contributed by atoms with Crippen molar-refractivity contribution in [3.05, 3.63) is 28.3 Å². The van der Waals surface area contributed by atoms with Crippen LogP contribution in [-0.4, -0.2) is 10.2 Å². The molecule has 1 aliphatic carbocycles. The van der Waals surface area contributed by atoms with Gasteiger partial charge in [0.2, 0.25) is 0 Å². The van der Waals surface area contributed by atoms with Gasteiger partial charge in [-0.3, -0.25) is 0 Å². The largest absolute Gasteiger partial charge is 0.507 e. The van der Waals surface area contributed by atoms with Crippen molar-refractivity contribution in [1.29, 1.82) is 0 Å². The Kier molecular flexibility index (Phi) is 2.00. The number of aryl methyl sites for hydroxylation is 2. The molecule has 2 heteroatoms. The molecular formula is C11H14O2. The Bertz CT molecular complexity index is 342. The predicted molar refractivity (Wildman–Crippen MR) is 50.8 cm³/mol. The smallest absolute Gasteiger partial charge is 0.124 e. The molecule has 0 aromatic heterocycles. The van der Waals surface area contributed by atoms with E-state index in [2.05, 4.69) is 0 Å². The normalized spacial score (nSPS) is 14.6. The lowest BCUT2D eigenvalue weighted by Gasteiger charge is -2.10. The van der Waals surface area contributed by atoms with Crippen LogP contribution in [0.4, 0.5) is 0 Å². The monoisotopic (exact) mass is 178 g/mol. The Hall–Kier alpha value is -1.02. The van der Waals surface area contributed by atoms with Crippen molar-refractivity contribution in [1.82, 2.24) is 0 Å². The molecule has 0 atom stereocenters. The maximum absolute atomic E-state index is 9.70. The summed E-state index contributed by atoms with van der Waals surface area (Å²) in [7, 11) is 0. The standard InChI is InChI=1S/C11H14O2/c1-7-5-8-3-2-4-9(8)10(6-12)11(7)13/h5,12-13H,2-4,6H2,1H3. The van der Waals surface area contributed by atoms with Gasteiger partial charge >= 0.3 is 0 Å². The number of hydrogen-bond donors (Lipinski definition) is 2. The number of hydrogen-bond acceptors (Lipinski definition) is 2. The summed E-state index contributed by atoms with van der Waals surface area (Å²) in [5, 5.41) is 18.8. The summed E-state index contributed by atoms with van der Waals surface area (Å²) in [5.41, 5.74) is 4.10. The van der Waals surface area contributed by atoms with Crippen LogP contribution in [0.15, 0.2) is 6.07 Å². The van der Waals surface area contributed by atoms with E-state index in [1.165, 1.54) is 11.1 Å². The van der Waals surface area contributed by atoms with Gasteiger partial charge in [0, 0.05) is 5.56 Å². The Morgan fingerprint density at radius 3 is 2.85 bits per heavy atom. The molecule has 1 aliphatic rings. The van der Waals surface area contributed by atoms with Crippen LogP contribution in [0.1, 0.15) is 28.7 Å². The SMILES string of the molecule is Cc1cc2c(c(CO)c1O)CCC2. The lowest BCUT2D eigenvalue weighted by atomic mass is 9.99. The maximum atomic E-state index is 9.70. The fraction of sp³-hybridized carbons (Fsp3) is 0.455. The number of aliphatic hydroxyl groups is 1. The second-order valence-corrected chi connectivity index (χ2v) is 3.67.